The highest BCUT2D eigenvalue weighted by Gasteiger charge is 2.33. The van der Waals surface area contributed by atoms with Gasteiger partial charge in [-0.3, -0.25) is 19.6 Å². The number of para-hydroxylation sites is 1. The van der Waals surface area contributed by atoms with Crippen LogP contribution in [0.15, 0.2) is 48.8 Å². The molecule has 6 heteroatoms. The molecule has 1 aliphatic heterocycles. The van der Waals surface area contributed by atoms with Crippen molar-refractivity contribution < 1.29 is 9.90 Å². The zero-order valence-electron chi connectivity index (χ0n) is 15.4. The van der Waals surface area contributed by atoms with E-state index in [0.29, 0.717) is 0 Å². The maximum absolute atomic E-state index is 12.2. The molecule has 1 atom stereocenters. The van der Waals surface area contributed by atoms with Gasteiger partial charge in [-0.25, -0.2) is 0 Å². The lowest BCUT2D eigenvalue weighted by Gasteiger charge is -2.38. The minimum absolute atomic E-state index is 0.621. The Morgan fingerprint density at radius 1 is 1.15 bits per heavy atom. The Hall–Kier alpha value is -2.70. The Kier molecular flexibility index (Phi) is 4.92. The zero-order valence-corrected chi connectivity index (χ0v) is 15.4. The van der Waals surface area contributed by atoms with Crippen molar-refractivity contribution in [1.29, 1.82) is 0 Å². The van der Waals surface area contributed by atoms with Gasteiger partial charge in [-0.15, -0.1) is 0 Å². The van der Waals surface area contributed by atoms with Gasteiger partial charge in [-0.05, 0) is 30.7 Å². The van der Waals surface area contributed by atoms with E-state index >= 15 is 0 Å². The van der Waals surface area contributed by atoms with Crippen molar-refractivity contribution >= 4 is 16.9 Å². The number of aliphatic carboxylic acids is 1. The van der Waals surface area contributed by atoms with Crippen molar-refractivity contribution in [3.05, 3.63) is 65.6 Å². The second kappa shape index (κ2) is 7.50. The van der Waals surface area contributed by atoms with Gasteiger partial charge >= 0.3 is 5.97 Å². The van der Waals surface area contributed by atoms with Crippen LogP contribution in [0.3, 0.4) is 0 Å². The molecule has 1 fully saturated rings. The number of carboxylic acid groups (broad SMARTS) is 1. The predicted molar refractivity (Wildman–Crippen MR) is 104 cm³/mol. The van der Waals surface area contributed by atoms with E-state index in [0.717, 1.165) is 54.9 Å². The molecule has 3 aromatic rings. The smallest absolute Gasteiger partial charge is 0.325 e. The molecule has 6 nitrogen and oxygen atoms in total. The van der Waals surface area contributed by atoms with E-state index in [-0.39, 0.29) is 0 Å². The molecular formula is C21H24N4O2. The first-order valence-corrected chi connectivity index (χ1v) is 9.29. The number of pyridine rings is 1. The van der Waals surface area contributed by atoms with Gasteiger partial charge in [0.25, 0.3) is 0 Å². The second-order valence-corrected chi connectivity index (χ2v) is 7.12. The third-order valence-electron chi connectivity index (χ3n) is 5.38. The molecule has 1 saturated heterocycles. The molecule has 0 aliphatic carbocycles. The van der Waals surface area contributed by atoms with Gasteiger partial charge in [-0.2, -0.15) is 0 Å². The van der Waals surface area contributed by atoms with E-state index in [9.17, 15) is 9.90 Å². The van der Waals surface area contributed by atoms with Crippen LogP contribution in [0.5, 0.6) is 0 Å². The molecule has 4 rings (SSSR count). The van der Waals surface area contributed by atoms with Gasteiger partial charge in [0.05, 0.1) is 0 Å². The van der Waals surface area contributed by atoms with E-state index in [1.807, 2.05) is 55.7 Å². The lowest BCUT2D eigenvalue weighted by Crippen LogP contribution is -2.48. The summed E-state index contributed by atoms with van der Waals surface area (Å²) in [4.78, 5) is 24.0. The zero-order chi connectivity index (χ0) is 18.8. The molecule has 0 spiro atoms. The average Bonchev–Trinajstić information content (AvgIpc) is 3.00. The highest BCUT2D eigenvalue weighted by Crippen LogP contribution is 2.32. The van der Waals surface area contributed by atoms with Crippen molar-refractivity contribution in [3.8, 4) is 0 Å². The molecule has 2 N–H and O–H groups in total. The van der Waals surface area contributed by atoms with Crippen LogP contribution >= 0.6 is 0 Å². The minimum atomic E-state index is -0.787. The number of H-pyrrole nitrogens is 1. The predicted octanol–water partition coefficient (Wildman–Crippen LogP) is 2.81. The SMILES string of the molecule is Cc1[nH]c2ccccc2c1[C@@H](C(=O)O)N1CCN(Cc2ccncc2)CC1. The Balaban J connectivity index is 1.52. The number of aromatic nitrogens is 2. The third kappa shape index (κ3) is 3.59. The Bertz CT molecular complexity index is 930. The van der Waals surface area contributed by atoms with Crippen molar-refractivity contribution in [2.75, 3.05) is 26.2 Å². The monoisotopic (exact) mass is 364 g/mol. The fourth-order valence-electron chi connectivity index (χ4n) is 4.04. The number of carboxylic acids is 1. The van der Waals surface area contributed by atoms with E-state index in [2.05, 4.69) is 19.8 Å². The number of nitrogens with zero attached hydrogens (tertiary/aromatic N) is 3. The summed E-state index contributed by atoms with van der Waals surface area (Å²) in [5.41, 5.74) is 4.05. The van der Waals surface area contributed by atoms with Crippen LogP contribution in [0.1, 0.15) is 22.9 Å². The second-order valence-electron chi connectivity index (χ2n) is 7.12. The number of piperazine rings is 1. The van der Waals surface area contributed by atoms with Gasteiger partial charge in [0.2, 0.25) is 0 Å². The average molecular weight is 364 g/mol. The minimum Gasteiger partial charge on any atom is -0.480 e. The first kappa shape index (κ1) is 17.7. The number of aryl methyl sites for hydroxylation is 1. The Morgan fingerprint density at radius 2 is 1.85 bits per heavy atom. The highest BCUT2D eigenvalue weighted by molar-refractivity contribution is 5.90. The quantitative estimate of drug-likeness (QED) is 0.728. The normalized spacial score (nSPS) is 17.2. The number of hydrogen-bond donors (Lipinski definition) is 2. The van der Waals surface area contributed by atoms with E-state index in [1.165, 1.54) is 5.56 Å². The maximum atomic E-state index is 12.2. The fraction of sp³-hybridized carbons (Fsp3) is 0.333. The third-order valence-corrected chi connectivity index (χ3v) is 5.38. The van der Waals surface area contributed by atoms with Crippen molar-refractivity contribution in [1.82, 2.24) is 19.8 Å². The number of rotatable bonds is 5. The summed E-state index contributed by atoms with van der Waals surface area (Å²) in [5.74, 6) is -0.787. The first-order chi connectivity index (χ1) is 13.1. The van der Waals surface area contributed by atoms with Crippen LogP contribution in [0.2, 0.25) is 0 Å². The number of benzene rings is 1. The van der Waals surface area contributed by atoms with Crippen LogP contribution in [-0.2, 0) is 11.3 Å². The van der Waals surface area contributed by atoms with Gasteiger partial charge in [-0.1, -0.05) is 18.2 Å². The molecule has 0 unspecified atom stereocenters. The molecule has 0 bridgehead atoms. The maximum Gasteiger partial charge on any atom is 0.325 e. The number of aromatic amines is 1. The number of nitrogens with one attached hydrogen (secondary N) is 1. The van der Waals surface area contributed by atoms with Crippen molar-refractivity contribution in [2.45, 2.75) is 19.5 Å². The molecule has 0 amide bonds. The van der Waals surface area contributed by atoms with Crippen LogP contribution < -0.4 is 0 Å². The Morgan fingerprint density at radius 3 is 2.56 bits per heavy atom. The summed E-state index contributed by atoms with van der Waals surface area (Å²) < 4.78 is 0. The lowest BCUT2D eigenvalue weighted by atomic mass is 10.0. The highest BCUT2D eigenvalue weighted by atomic mass is 16.4. The standard InChI is InChI=1S/C21H24N4O2/c1-15-19(17-4-2-3-5-18(17)23-15)20(21(26)27)25-12-10-24(11-13-25)14-16-6-8-22-9-7-16/h2-9,20,23H,10-14H2,1H3,(H,26,27)/t20-/m0/s1. The van der Waals surface area contributed by atoms with Gasteiger partial charge in [0.1, 0.15) is 6.04 Å². The lowest BCUT2D eigenvalue weighted by molar-refractivity contribution is -0.144. The summed E-state index contributed by atoms with van der Waals surface area (Å²) in [7, 11) is 0. The molecule has 0 saturated carbocycles. The van der Waals surface area contributed by atoms with E-state index in [4.69, 9.17) is 0 Å². The fourth-order valence-corrected chi connectivity index (χ4v) is 4.04. The van der Waals surface area contributed by atoms with Crippen LogP contribution in [0.25, 0.3) is 10.9 Å². The number of fused-ring (bicyclic) bond motifs is 1. The number of hydrogen-bond acceptors (Lipinski definition) is 4. The first-order valence-electron chi connectivity index (χ1n) is 9.29. The van der Waals surface area contributed by atoms with Gasteiger partial charge in [0.15, 0.2) is 0 Å². The molecule has 140 valence electrons. The molecule has 1 aromatic carbocycles. The van der Waals surface area contributed by atoms with Crippen LogP contribution in [0.4, 0.5) is 0 Å². The summed E-state index contributed by atoms with van der Waals surface area (Å²) in [6, 6.07) is 11.4. The topological polar surface area (TPSA) is 72.5 Å². The van der Waals surface area contributed by atoms with Crippen LogP contribution in [0, 0.1) is 6.92 Å². The molecule has 0 radical (unpaired) electrons. The summed E-state index contributed by atoms with van der Waals surface area (Å²) in [6.07, 6.45) is 3.62. The summed E-state index contributed by atoms with van der Waals surface area (Å²) in [6.45, 7) is 6.02. The molecule has 27 heavy (non-hydrogen) atoms. The van der Waals surface area contributed by atoms with Gasteiger partial charge < -0.3 is 10.1 Å². The van der Waals surface area contributed by atoms with Gasteiger partial charge in [0, 0.05) is 67.3 Å². The van der Waals surface area contributed by atoms with Crippen molar-refractivity contribution in [2.24, 2.45) is 0 Å². The molecule has 3 heterocycles. The van der Waals surface area contributed by atoms with E-state index < -0.39 is 12.0 Å². The van der Waals surface area contributed by atoms with Crippen LogP contribution in [-0.4, -0.2) is 57.0 Å². The van der Waals surface area contributed by atoms with E-state index in [1.54, 1.807) is 0 Å². The molecular weight excluding hydrogens is 340 g/mol. The largest absolute Gasteiger partial charge is 0.480 e. The molecule has 1 aliphatic rings. The number of carbonyl (C=O) groups is 1. The summed E-state index contributed by atoms with van der Waals surface area (Å²) in [5, 5.41) is 11.0. The Labute approximate surface area is 158 Å². The molecule has 2 aromatic heterocycles. The summed E-state index contributed by atoms with van der Waals surface area (Å²) >= 11 is 0. The van der Waals surface area contributed by atoms with Crippen molar-refractivity contribution in [3.63, 3.8) is 0 Å².